The van der Waals surface area contributed by atoms with Crippen molar-refractivity contribution < 1.29 is 13.9 Å². The van der Waals surface area contributed by atoms with Gasteiger partial charge in [-0.25, -0.2) is 8.78 Å². The van der Waals surface area contributed by atoms with E-state index in [9.17, 15) is 13.9 Å². The van der Waals surface area contributed by atoms with Crippen LogP contribution in [0.5, 0.6) is 0 Å². The normalized spacial score (nSPS) is 12.6. The van der Waals surface area contributed by atoms with Gasteiger partial charge in [0.15, 0.2) is 0 Å². The summed E-state index contributed by atoms with van der Waals surface area (Å²) in [6.45, 7) is 9.71. The van der Waals surface area contributed by atoms with Gasteiger partial charge >= 0.3 is 0 Å². The maximum absolute atomic E-state index is 14.2. The van der Waals surface area contributed by atoms with Crippen LogP contribution in [-0.4, -0.2) is 29.8 Å². The first-order valence-corrected chi connectivity index (χ1v) is 7.05. The molecule has 2 N–H and O–H groups in total. The summed E-state index contributed by atoms with van der Waals surface area (Å²) < 4.78 is 28.3. The number of anilines is 1. The second-order valence-corrected chi connectivity index (χ2v) is 7.18. The Balaban J connectivity index is 2.95. The van der Waals surface area contributed by atoms with Crippen molar-refractivity contribution >= 4 is 5.69 Å². The lowest BCUT2D eigenvalue weighted by atomic mass is 10.1. The van der Waals surface area contributed by atoms with Crippen LogP contribution in [0.15, 0.2) is 12.1 Å². The van der Waals surface area contributed by atoms with Crippen molar-refractivity contribution in [1.29, 1.82) is 0 Å². The Labute approximate surface area is 126 Å². The molecular weight excluding hydrogens is 274 g/mol. The van der Waals surface area contributed by atoms with Gasteiger partial charge in [-0.05, 0) is 52.3 Å². The number of nitrogens with one attached hydrogen (secondary N) is 1. The van der Waals surface area contributed by atoms with Crippen molar-refractivity contribution in [2.75, 3.05) is 18.5 Å². The molecule has 1 aromatic carbocycles. The summed E-state index contributed by atoms with van der Waals surface area (Å²) in [6.07, 6.45) is 0. The first-order chi connectivity index (χ1) is 9.39. The molecule has 0 heterocycles. The van der Waals surface area contributed by atoms with Crippen molar-refractivity contribution in [2.45, 2.75) is 52.3 Å². The summed E-state index contributed by atoms with van der Waals surface area (Å²) >= 11 is 0. The van der Waals surface area contributed by atoms with Gasteiger partial charge in [0.05, 0.1) is 5.60 Å². The van der Waals surface area contributed by atoms with Crippen LogP contribution < -0.4 is 10.2 Å². The Morgan fingerprint density at radius 2 is 1.57 bits per heavy atom. The third-order valence-corrected chi connectivity index (χ3v) is 2.91. The van der Waals surface area contributed by atoms with E-state index in [-0.39, 0.29) is 17.8 Å². The highest BCUT2D eigenvalue weighted by Crippen LogP contribution is 2.25. The average molecular weight is 300 g/mol. The highest BCUT2D eigenvalue weighted by atomic mass is 19.1. The minimum atomic E-state index is -1.03. The predicted molar refractivity (Wildman–Crippen MR) is 82.5 cm³/mol. The van der Waals surface area contributed by atoms with Gasteiger partial charge in [-0.1, -0.05) is 0 Å². The van der Waals surface area contributed by atoms with Crippen molar-refractivity contribution in [3.05, 3.63) is 29.3 Å². The molecule has 5 heteroatoms. The van der Waals surface area contributed by atoms with Gasteiger partial charge < -0.3 is 15.3 Å². The second kappa shape index (κ2) is 6.28. The van der Waals surface area contributed by atoms with E-state index >= 15 is 0 Å². The van der Waals surface area contributed by atoms with Crippen LogP contribution >= 0.6 is 0 Å². The molecule has 1 aromatic rings. The first kappa shape index (κ1) is 17.9. The van der Waals surface area contributed by atoms with Crippen LogP contribution in [0, 0.1) is 11.6 Å². The number of likely N-dealkylation sites (N-methyl/N-ethyl adjacent to an activating group) is 1. The molecule has 0 radical (unpaired) electrons. The molecule has 0 unspecified atom stereocenters. The fourth-order valence-electron chi connectivity index (χ4n) is 2.11. The molecule has 0 amide bonds. The fraction of sp³-hybridized carbons (Fsp3) is 0.625. The molecule has 0 aliphatic carbocycles. The molecule has 0 fully saturated rings. The SMILES string of the molecule is CN(CC(C)(C)O)c1c(F)cc(CNC(C)(C)C)cc1F. The van der Waals surface area contributed by atoms with Crippen molar-refractivity contribution in [1.82, 2.24) is 5.32 Å². The number of benzene rings is 1. The largest absolute Gasteiger partial charge is 0.389 e. The minimum Gasteiger partial charge on any atom is -0.389 e. The Morgan fingerprint density at radius 1 is 1.10 bits per heavy atom. The molecule has 0 spiro atoms. The van der Waals surface area contributed by atoms with Crippen LogP contribution in [0.2, 0.25) is 0 Å². The van der Waals surface area contributed by atoms with E-state index < -0.39 is 17.2 Å². The number of halogens is 2. The first-order valence-electron chi connectivity index (χ1n) is 7.05. The minimum absolute atomic E-state index is 0.114. The number of aliphatic hydroxyl groups is 1. The zero-order valence-electron chi connectivity index (χ0n) is 13.7. The number of hydrogen-bond donors (Lipinski definition) is 2. The van der Waals surface area contributed by atoms with Gasteiger partial charge in [0.2, 0.25) is 0 Å². The maximum atomic E-state index is 14.2. The van der Waals surface area contributed by atoms with E-state index in [4.69, 9.17) is 0 Å². The topological polar surface area (TPSA) is 35.5 Å². The highest BCUT2D eigenvalue weighted by molar-refractivity contribution is 5.50. The lowest BCUT2D eigenvalue weighted by molar-refractivity contribution is 0.0883. The molecule has 1 rings (SSSR count). The Morgan fingerprint density at radius 3 is 1.95 bits per heavy atom. The van der Waals surface area contributed by atoms with E-state index in [0.29, 0.717) is 12.1 Å². The summed E-state index contributed by atoms with van der Waals surface area (Å²) in [7, 11) is 1.56. The summed E-state index contributed by atoms with van der Waals surface area (Å²) in [5, 5.41) is 13.0. The van der Waals surface area contributed by atoms with Gasteiger partial charge in [0.25, 0.3) is 0 Å². The van der Waals surface area contributed by atoms with Crippen molar-refractivity contribution in [3.63, 3.8) is 0 Å². The third kappa shape index (κ3) is 5.98. The Kier molecular flexibility index (Phi) is 5.34. The summed E-state index contributed by atoms with van der Waals surface area (Å²) in [5.74, 6) is -1.24. The quantitative estimate of drug-likeness (QED) is 0.877. The van der Waals surface area contributed by atoms with Gasteiger partial charge in [-0.3, -0.25) is 0 Å². The molecule has 3 nitrogen and oxygen atoms in total. The van der Waals surface area contributed by atoms with Crippen LogP contribution in [-0.2, 0) is 6.54 Å². The molecule has 0 saturated carbocycles. The Hall–Kier alpha value is -1.20. The molecule has 0 aliphatic heterocycles. The molecule has 0 aromatic heterocycles. The Bertz CT molecular complexity index is 467. The van der Waals surface area contributed by atoms with Gasteiger partial charge in [-0.2, -0.15) is 0 Å². The number of hydrogen-bond acceptors (Lipinski definition) is 3. The van der Waals surface area contributed by atoms with Gasteiger partial charge in [-0.15, -0.1) is 0 Å². The molecular formula is C16H26F2N2O. The molecule has 120 valence electrons. The summed E-state index contributed by atoms with van der Waals surface area (Å²) in [5.41, 5.74) is -0.708. The van der Waals surface area contributed by atoms with Gasteiger partial charge in [0, 0.05) is 25.7 Å². The van der Waals surface area contributed by atoms with Gasteiger partial charge in [0.1, 0.15) is 17.3 Å². The third-order valence-electron chi connectivity index (χ3n) is 2.91. The van der Waals surface area contributed by atoms with Crippen LogP contribution in [0.4, 0.5) is 14.5 Å². The van der Waals surface area contributed by atoms with Crippen LogP contribution in [0.3, 0.4) is 0 Å². The summed E-state index contributed by atoms with van der Waals surface area (Å²) in [6, 6.07) is 2.66. The standard InChI is InChI=1S/C16H26F2N2O/c1-15(2,3)19-9-11-7-12(17)14(13(18)8-11)20(6)10-16(4,5)21/h7-8,19,21H,9-10H2,1-6H3. The molecule has 0 aliphatic rings. The van der Waals surface area contributed by atoms with Crippen molar-refractivity contribution in [2.24, 2.45) is 0 Å². The fourth-order valence-corrected chi connectivity index (χ4v) is 2.11. The molecule has 0 atom stereocenters. The van der Waals surface area contributed by atoms with Crippen LogP contribution in [0.25, 0.3) is 0 Å². The van der Waals surface area contributed by atoms with E-state index in [1.807, 2.05) is 20.8 Å². The maximum Gasteiger partial charge on any atom is 0.149 e. The van der Waals surface area contributed by atoms with E-state index in [1.54, 1.807) is 20.9 Å². The average Bonchev–Trinajstić information content (AvgIpc) is 2.21. The van der Waals surface area contributed by atoms with Crippen molar-refractivity contribution in [3.8, 4) is 0 Å². The zero-order chi connectivity index (χ0) is 16.4. The molecule has 21 heavy (non-hydrogen) atoms. The molecule has 0 saturated heterocycles. The van der Waals surface area contributed by atoms with Crippen LogP contribution in [0.1, 0.15) is 40.2 Å². The predicted octanol–water partition coefficient (Wildman–Crippen LogP) is 3.06. The lowest BCUT2D eigenvalue weighted by Crippen LogP contribution is -2.37. The number of rotatable bonds is 5. The summed E-state index contributed by atoms with van der Waals surface area (Å²) in [4.78, 5) is 1.39. The molecule has 0 bridgehead atoms. The number of nitrogens with zero attached hydrogens (tertiary/aromatic N) is 1. The monoisotopic (exact) mass is 300 g/mol. The zero-order valence-corrected chi connectivity index (χ0v) is 13.7. The smallest absolute Gasteiger partial charge is 0.149 e. The van der Waals surface area contributed by atoms with E-state index in [2.05, 4.69) is 5.32 Å². The highest BCUT2D eigenvalue weighted by Gasteiger charge is 2.21. The lowest BCUT2D eigenvalue weighted by Gasteiger charge is -2.28. The van der Waals surface area contributed by atoms with E-state index in [1.165, 1.54) is 17.0 Å². The second-order valence-electron chi connectivity index (χ2n) is 7.18. The van der Waals surface area contributed by atoms with E-state index in [0.717, 1.165) is 0 Å².